The van der Waals surface area contributed by atoms with Gasteiger partial charge in [-0.1, -0.05) is 30.3 Å². The number of anilines is 1. The zero-order valence-corrected chi connectivity index (χ0v) is 15.3. The number of ether oxygens (including phenoxy) is 1. The third-order valence-electron chi connectivity index (χ3n) is 4.78. The van der Waals surface area contributed by atoms with Gasteiger partial charge in [-0.2, -0.15) is 5.10 Å². The second-order valence-electron chi connectivity index (χ2n) is 6.73. The van der Waals surface area contributed by atoms with Gasteiger partial charge < -0.3 is 10.1 Å². The van der Waals surface area contributed by atoms with E-state index in [1.807, 2.05) is 54.7 Å². The summed E-state index contributed by atoms with van der Waals surface area (Å²) in [7, 11) is 0. The van der Waals surface area contributed by atoms with Crippen LogP contribution in [0.15, 0.2) is 79.0 Å². The molecule has 0 saturated carbocycles. The van der Waals surface area contributed by atoms with Crippen LogP contribution >= 0.6 is 0 Å². The van der Waals surface area contributed by atoms with E-state index in [-0.39, 0.29) is 18.3 Å². The number of halogens is 1. The Morgan fingerprint density at radius 3 is 2.55 bits per heavy atom. The Kier molecular flexibility index (Phi) is 4.09. The third kappa shape index (κ3) is 3.25. The number of hydrogen-bond acceptors (Lipinski definition) is 3. The number of fused-ring (bicyclic) bond motifs is 1. The summed E-state index contributed by atoms with van der Waals surface area (Å²) >= 11 is 0. The number of aromatic nitrogens is 2. The van der Waals surface area contributed by atoms with E-state index in [9.17, 15) is 9.18 Å². The monoisotopic (exact) mass is 385 g/mol. The molecule has 2 heterocycles. The molecule has 6 heteroatoms. The van der Waals surface area contributed by atoms with E-state index in [4.69, 9.17) is 9.84 Å². The van der Waals surface area contributed by atoms with Gasteiger partial charge >= 0.3 is 0 Å². The molecule has 1 aliphatic rings. The van der Waals surface area contributed by atoms with Gasteiger partial charge in [0.1, 0.15) is 17.3 Å². The van der Waals surface area contributed by atoms with E-state index < -0.39 is 0 Å². The van der Waals surface area contributed by atoms with Gasteiger partial charge in [0, 0.05) is 17.3 Å². The molecule has 5 nitrogen and oxygen atoms in total. The molecule has 0 unspecified atom stereocenters. The van der Waals surface area contributed by atoms with Gasteiger partial charge in [0.05, 0.1) is 11.4 Å². The number of amides is 1. The number of rotatable bonds is 3. The Labute approximate surface area is 166 Å². The molecular weight excluding hydrogens is 369 g/mol. The predicted octanol–water partition coefficient (Wildman–Crippen LogP) is 4.68. The Morgan fingerprint density at radius 1 is 0.966 bits per heavy atom. The van der Waals surface area contributed by atoms with Crippen molar-refractivity contribution in [3.05, 3.63) is 84.8 Å². The molecule has 4 aromatic rings. The van der Waals surface area contributed by atoms with Crippen LogP contribution in [0, 0.1) is 5.82 Å². The number of nitrogens with zero attached hydrogens (tertiary/aromatic N) is 2. The summed E-state index contributed by atoms with van der Waals surface area (Å²) in [4.78, 5) is 11.7. The highest BCUT2D eigenvalue weighted by Crippen LogP contribution is 2.37. The SMILES string of the molecule is O=C1COc2ccc(-c3nn(-c4ccc(F)cc4)cc3-c3ccccc3)cc2N1. The van der Waals surface area contributed by atoms with E-state index in [2.05, 4.69) is 5.32 Å². The highest BCUT2D eigenvalue weighted by Gasteiger charge is 2.19. The molecule has 3 aromatic carbocycles. The Balaban J connectivity index is 1.66. The van der Waals surface area contributed by atoms with E-state index in [1.54, 1.807) is 16.8 Å². The summed E-state index contributed by atoms with van der Waals surface area (Å²) in [6.45, 7) is 0.0147. The van der Waals surface area contributed by atoms with Gasteiger partial charge in [0.25, 0.3) is 5.91 Å². The fourth-order valence-electron chi connectivity index (χ4n) is 3.37. The molecule has 0 atom stereocenters. The molecule has 1 aliphatic heterocycles. The van der Waals surface area contributed by atoms with E-state index in [0.29, 0.717) is 11.4 Å². The normalized spacial score (nSPS) is 12.8. The minimum absolute atomic E-state index is 0.0147. The molecule has 0 fully saturated rings. The zero-order valence-electron chi connectivity index (χ0n) is 15.3. The molecule has 142 valence electrons. The number of carbonyl (C=O) groups is 1. The zero-order chi connectivity index (χ0) is 19.8. The lowest BCUT2D eigenvalue weighted by molar-refractivity contribution is -0.118. The molecular formula is C23H16FN3O2. The summed E-state index contributed by atoms with van der Waals surface area (Å²) < 4.78 is 20.5. The van der Waals surface area contributed by atoms with E-state index in [1.165, 1.54) is 12.1 Å². The number of benzene rings is 3. The molecule has 0 saturated heterocycles. The molecule has 0 bridgehead atoms. The minimum Gasteiger partial charge on any atom is -0.482 e. The molecule has 0 spiro atoms. The Bertz CT molecular complexity index is 1200. The second-order valence-corrected chi connectivity index (χ2v) is 6.73. The number of hydrogen-bond donors (Lipinski definition) is 1. The van der Waals surface area contributed by atoms with Gasteiger partial charge in [-0.15, -0.1) is 0 Å². The van der Waals surface area contributed by atoms with Crippen LogP contribution in [-0.4, -0.2) is 22.3 Å². The van der Waals surface area contributed by atoms with Gasteiger partial charge in [0.15, 0.2) is 6.61 Å². The third-order valence-corrected chi connectivity index (χ3v) is 4.78. The first-order chi connectivity index (χ1) is 14.2. The maximum absolute atomic E-state index is 13.3. The summed E-state index contributed by atoms with van der Waals surface area (Å²) in [6, 6.07) is 21.7. The summed E-state index contributed by atoms with van der Waals surface area (Å²) in [5.41, 5.74) is 4.91. The molecule has 1 amide bonds. The summed E-state index contributed by atoms with van der Waals surface area (Å²) in [6.07, 6.45) is 1.92. The number of carbonyl (C=O) groups excluding carboxylic acids is 1. The number of nitrogens with one attached hydrogen (secondary N) is 1. The average Bonchev–Trinajstić information content (AvgIpc) is 3.20. The highest BCUT2D eigenvalue weighted by molar-refractivity contribution is 5.96. The Morgan fingerprint density at radius 2 is 1.76 bits per heavy atom. The van der Waals surface area contributed by atoms with Gasteiger partial charge in [-0.3, -0.25) is 4.79 Å². The van der Waals surface area contributed by atoms with Gasteiger partial charge in [0.2, 0.25) is 0 Å². The van der Waals surface area contributed by atoms with Crippen molar-refractivity contribution in [3.8, 4) is 33.8 Å². The van der Waals surface area contributed by atoms with E-state index in [0.717, 1.165) is 28.1 Å². The van der Waals surface area contributed by atoms with Crippen molar-refractivity contribution in [2.75, 3.05) is 11.9 Å². The first-order valence-electron chi connectivity index (χ1n) is 9.15. The van der Waals surface area contributed by atoms with Crippen LogP contribution in [0.2, 0.25) is 0 Å². The van der Waals surface area contributed by atoms with Gasteiger partial charge in [-0.25, -0.2) is 9.07 Å². The molecule has 0 aliphatic carbocycles. The maximum Gasteiger partial charge on any atom is 0.262 e. The molecule has 5 rings (SSSR count). The van der Waals surface area contributed by atoms with Crippen LogP contribution in [0.3, 0.4) is 0 Å². The summed E-state index contributed by atoms with van der Waals surface area (Å²) in [5.74, 6) is 0.150. The fourth-order valence-corrected chi connectivity index (χ4v) is 3.37. The molecule has 1 N–H and O–H groups in total. The smallest absolute Gasteiger partial charge is 0.262 e. The van der Waals surface area contributed by atoms with Crippen molar-refractivity contribution in [1.82, 2.24) is 9.78 Å². The lowest BCUT2D eigenvalue weighted by atomic mass is 10.0. The quantitative estimate of drug-likeness (QED) is 0.557. The fraction of sp³-hybridized carbons (Fsp3) is 0.0435. The van der Waals surface area contributed by atoms with Crippen molar-refractivity contribution in [3.63, 3.8) is 0 Å². The van der Waals surface area contributed by atoms with E-state index >= 15 is 0 Å². The van der Waals surface area contributed by atoms with Crippen LogP contribution in [0.4, 0.5) is 10.1 Å². The molecule has 1 aromatic heterocycles. The Hall–Kier alpha value is -3.93. The van der Waals surface area contributed by atoms with Crippen molar-refractivity contribution >= 4 is 11.6 Å². The topological polar surface area (TPSA) is 56.1 Å². The average molecular weight is 385 g/mol. The first-order valence-corrected chi connectivity index (χ1v) is 9.15. The van der Waals surface area contributed by atoms with Crippen molar-refractivity contribution in [1.29, 1.82) is 0 Å². The highest BCUT2D eigenvalue weighted by atomic mass is 19.1. The predicted molar refractivity (Wildman–Crippen MR) is 109 cm³/mol. The molecule has 29 heavy (non-hydrogen) atoms. The van der Waals surface area contributed by atoms with Crippen molar-refractivity contribution in [2.45, 2.75) is 0 Å². The first kappa shape index (κ1) is 17.2. The largest absolute Gasteiger partial charge is 0.482 e. The van der Waals surface area contributed by atoms with Crippen molar-refractivity contribution < 1.29 is 13.9 Å². The van der Waals surface area contributed by atoms with Crippen LogP contribution in [-0.2, 0) is 4.79 Å². The molecule has 0 radical (unpaired) electrons. The van der Waals surface area contributed by atoms with Crippen LogP contribution in [0.5, 0.6) is 5.75 Å². The maximum atomic E-state index is 13.3. The summed E-state index contributed by atoms with van der Waals surface area (Å²) in [5, 5.41) is 7.60. The minimum atomic E-state index is -0.296. The van der Waals surface area contributed by atoms with Crippen molar-refractivity contribution in [2.24, 2.45) is 0 Å². The lowest BCUT2D eigenvalue weighted by Crippen LogP contribution is -2.25. The van der Waals surface area contributed by atoms with Crippen LogP contribution in [0.1, 0.15) is 0 Å². The van der Waals surface area contributed by atoms with Gasteiger partial charge in [-0.05, 0) is 48.0 Å². The standard InChI is InChI=1S/C23H16FN3O2/c24-17-7-9-18(10-8-17)27-13-19(15-4-2-1-3-5-15)23(26-27)16-6-11-21-20(12-16)25-22(28)14-29-21/h1-13H,14H2,(H,25,28). The van der Waals surface area contributed by atoms with Crippen LogP contribution in [0.25, 0.3) is 28.1 Å². The second kappa shape index (κ2) is 6.91. The lowest BCUT2D eigenvalue weighted by Gasteiger charge is -2.18. The van der Waals surface area contributed by atoms with Crippen LogP contribution < -0.4 is 10.1 Å².